The molecule has 1 heterocycles. The van der Waals surface area contributed by atoms with Crippen LogP contribution in [0.5, 0.6) is 0 Å². The molecule has 0 bridgehead atoms. The number of aliphatic hydroxyl groups excluding tert-OH is 1. The molecule has 4 heteroatoms. The Morgan fingerprint density at radius 2 is 2.10 bits per heavy atom. The third kappa shape index (κ3) is 5.53. The van der Waals surface area contributed by atoms with Crippen LogP contribution >= 0.6 is 22.9 Å². The van der Waals surface area contributed by atoms with Gasteiger partial charge < -0.3 is 5.11 Å². The maximum atomic E-state index is 8.74. The van der Waals surface area contributed by atoms with Gasteiger partial charge in [0.1, 0.15) is 0 Å². The van der Waals surface area contributed by atoms with Crippen LogP contribution in [0.4, 0.5) is 0 Å². The van der Waals surface area contributed by atoms with E-state index in [0.717, 1.165) is 23.0 Å². The van der Waals surface area contributed by atoms with Gasteiger partial charge in [0.15, 0.2) is 0 Å². The Labute approximate surface area is 135 Å². The van der Waals surface area contributed by atoms with Crippen LogP contribution < -0.4 is 0 Å². The average molecular weight is 320 g/mol. The Morgan fingerprint density at radius 1 is 1.24 bits per heavy atom. The maximum Gasteiger partial charge on any atom is 0.0931 e. The fourth-order valence-electron chi connectivity index (χ4n) is 2.04. The average Bonchev–Trinajstić information content (AvgIpc) is 2.84. The van der Waals surface area contributed by atoms with Crippen molar-refractivity contribution >= 4 is 22.9 Å². The van der Waals surface area contributed by atoms with Crippen molar-refractivity contribution in [3.05, 3.63) is 56.7 Å². The van der Waals surface area contributed by atoms with Gasteiger partial charge in [-0.15, -0.1) is 11.3 Å². The van der Waals surface area contributed by atoms with E-state index in [1.54, 1.807) is 11.3 Å². The van der Waals surface area contributed by atoms with Gasteiger partial charge >= 0.3 is 0 Å². The summed E-state index contributed by atoms with van der Waals surface area (Å²) in [6.07, 6.45) is 0.517. The molecule has 1 aromatic carbocycles. The van der Waals surface area contributed by atoms with Crippen LogP contribution in [-0.2, 0) is 13.1 Å². The lowest BCUT2D eigenvalue weighted by atomic mass is 10.1. The van der Waals surface area contributed by atoms with Crippen LogP contribution in [0.3, 0.4) is 0 Å². The van der Waals surface area contributed by atoms with Gasteiger partial charge in [0.2, 0.25) is 0 Å². The number of thiophene rings is 1. The lowest BCUT2D eigenvalue weighted by Crippen LogP contribution is -2.16. The summed E-state index contributed by atoms with van der Waals surface area (Å²) in [7, 11) is 2.09. The zero-order chi connectivity index (χ0) is 15.1. The predicted molar refractivity (Wildman–Crippen MR) is 89.5 cm³/mol. The monoisotopic (exact) mass is 319 g/mol. The molecule has 0 aliphatic heterocycles. The summed E-state index contributed by atoms with van der Waals surface area (Å²) >= 11 is 7.57. The normalized spacial score (nSPS) is 10.5. The van der Waals surface area contributed by atoms with E-state index in [2.05, 4.69) is 42.0 Å². The zero-order valence-corrected chi connectivity index (χ0v) is 13.5. The number of aliphatic hydroxyl groups is 1. The van der Waals surface area contributed by atoms with Crippen LogP contribution in [0, 0.1) is 11.8 Å². The van der Waals surface area contributed by atoms with E-state index in [4.69, 9.17) is 16.7 Å². The van der Waals surface area contributed by atoms with E-state index in [0.29, 0.717) is 6.42 Å². The molecule has 0 amide bonds. The smallest absolute Gasteiger partial charge is 0.0931 e. The Bertz CT molecular complexity index is 641. The van der Waals surface area contributed by atoms with Gasteiger partial charge in [-0.05, 0) is 36.9 Å². The molecule has 0 spiro atoms. The molecule has 1 aromatic heterocycles. The van der Waals surface area contributed by atoms with E-state index in [-0.39, 0.29) is 6.61 Å². The third-order valence-corrected chi connectivity index (χ3v) is 4.12. The molecular formula is C17H18ClNOS. The van der Waals surface area contributed by atoms with Crippen LogP contribution in [0.25, 0.3) is 0 Å². The van der Waals surface area contributed by atoms with Crippen molar-refractivity contribution in [1.29, 1.82) is 0 Å². The van der Waals surface area contributed by atoms with Gasteiger partial charge in [0.05, 0.1) is 10.9 Å². The Balaban J connectivity index is 1.96. The van der Waals surface area contributed by atoms with Gasteiger partial charge in [-0.3, -0.25) is 4.90 Å². The van der Waals surface area contributed by atoms with Crippen LogP contribution in [0.15, 0.2) is 36.4 Å². The molecule has 0 atom stereocenters. The highest BCUT2D eigenvalue weighted by Gasteiger charge is 2.04. The largest absolute Gasteiger partial charge is 0.395 e. The van der Waals surface area contributed by atoms with E-state index >= 15 is 0 Å². The van der Waals surface area contributed by atoms with E-state index in [1.807, 2.05) is 18.2 Å². The third-order valence-electron chi connectivity index (χ3n) is 2.90. The Kier molecular flexibility index (Phi) is 6.28. The minimum Gasteiger partial charge on any atom is -0.395 e. The molecule has 2 aromatic rings. The molecule has 2 nitrogen and oxygen atoms in total. The highest BCUT2D eigenvalue weighted by molar-refractivity contribution is 7.16. The minimum atomic E-state index is 0.110. The van der Waals surface area contributed by atoms with Crippen LogP contribution in [-0.4, -0.2) is 23.7 Å². The maximum absolute atomic E-state index is 8.74. The van der Waals surface area contributed by atoms with Crippen molar-refractivity contribution in [3.63, 3.8) is 0 Å². The molecule has 0 saturated carbocycles. The molecule has 110 valence electrons. The Morgan fingerprint density at radius 3 is 2.81 bits per heavy atom. The summed E-state index contributed by atoms with van der Waals surface area (Å²) in [4.78, 5) is 3.52. The van der Waals surface area contributed by atoms with Crippen LogP contribution in [0.1, 0.15) is 22.4 Å². The van der Waals surface area contributed by atoms with Gasteiger partial charge in [-0.25, -0.2) is 0 Å². The first kappa shape index (κ1) is 16.1. The highest BCUT2D eigenvalue weighted by atomic mass is 35.5. The molecule has 0 unspecified atom stereocenters. The van der Waals surface area contributed by atoms with Gasteiger partial charge in [-0.1, -0.05) is 35.6 Å². The highest BCUT2D eigenvalue weighted by Crippen LogP contribution is 2.22. The van der Waals surface area contributed by atoms with E-state index in [9.17, 15) is 0 Å². The van der Waals surface area contributed by atoms with Crippen molar-refractivity contribution in [1.82, 2.24) is 4.90 Å². The van der Waals surface area contributed by atoms with Crippen molar-refractivity contribution in [3.8, 4) is 11.8 Å². The fraction of sp³-hybridized carbons (Fsp3) is 0.294. The van der Waals surface area contributed by atoms with Gasteiger partial charge in [0, 0.05) is 30.0 Å². The second-order valence-corrected chi connectivity index (χ2v) is 6.65. The van der Waals surface area contributed by atoms with Crippen molar-refractivity contribution < 1.29 is 5.11 Å². The molecule has 0 aliphatic carbocycles. The summed E-state index contributed by atoms with van der Waals surface area (Å²) in [5.74, 6) is 6.02. The molecule has 2 rings (SSSR count). The molecule has 1 N–H and O–H groups in total. The van der Waals surface area contributed by atoms with Crippen LogP contribution in [0.2, 0.25) is 4.34 Å². The number of rotatable bonds is 5. The van der Waals surface area contributed by atoms with Crippen molar-refractivity contribution in [2.24, 2.45) is 0 Å². The first-order chi connectivity index (χ1) is 10.2. The number of hydrogen-bond donors (Lipinski definition) is 1. The molecule has 0 radical (unpaired) electrons. The SMILES string of the molecule is CN(Cc1cccc(C#CCCO)c1)Cc1ccc(Cl)s1. The lowest BCUT2D eigenvalue weighted by molar-refractivity contribution is 0.305. The number of nitrogens with zero attached hydrogens (tertiary/aromatic N) is 1. The van der Waals surface area contributed by atoms with Crippen molar-refractivity contribution in [2.75, 3.05) is 13.7 Å². The first-order valence-electron chi connectivity index (χ1n) is 6.79. The molecule has 21 heavy (non-hydrogen) atoms. The topological polar surface area (TPSA) is 23.5 Å². The summed E-state index contributed by atoms with van der Waals surface area (Å²) in [5.41, 5.74) is 2.23. The second kappa shape index (κ2) is 8.21. The van der Waals surface area contributed by atoms with Gasteiger partial charge in [-0.2, -0.15) is 0 Å². The summed E-state index contributed by atoms with van der Waals surface area (Å²) in [6, 6.07) is 12.2. The molecular weight excluding hydrogens is 302 g/mol. The Hall–Kier alpha value is -1.31. The summed E-state index contributed by atoms with van der Waals surface area (Å²) < 4.78 is 0.833. The van der Waals surface area contributed by atoms with E-state index in [1.165, 1.54) is 10.4 Å². The predicted octanol–water partition coefficient (Wildman–Crippen LogP) is 3.77. The number of hydrogen-bond acceptors (Lipinski definition) is 3. The standard InChI is InChI=1S/C17H18ClNOS/c1-19(13-16-8-9-17(18)21-16)12-15-7-4-6-14(11-15)5-2-3-10-20/h4,6-9,11,20H,3,10,12-13H2,1H3. The van der Waals surface area contributed by atoms with Gasteiger partial charge in [0.25, 0.3) is 0 Å². The zero-order valence-electron chi connectivity index (χ0n) is 12.0. The second-order valence-electron chi connectivity index (χ2n) is 4.85. The molecule has 0 saturated heterocycles. The molecule has 0 fully saturated rings. The quantitative estimate of drug-likeness (QED) is 0.848. The number of halogens is 1. The first-order valence-corrected chi connectivity index (χ1v) is 7.98. The lowest BCUT2D eigenvalue weighted by Gasteiger charge is -2.15. The fourth-order valence-corrected chi connectivity index (χ4v) is 3.21. The van der Waals surface area contributed by atoms with Crippen molar-refractivity contribution in [2.45, 2.75) is 19.5 Å². The summed E-state index contributed by atoms with van der Waals surface area (Å²) in [5, 5.41) is 8.74. The van der Waals surface area contributed by atoms with E-state index < -0.39 is 0 Å². The minimum absolute atomic E-state index is 0.110. The number of benzene rings is 1. The summed E-state index contributed by atoms with van der Waals surface area (Å²) in [6.45, 7) is 1.86. The molecule has 0 aliphatic rings.